The van der Waals surface area contributed by atoms with Gasteiger partial charge in [-0.05, 0) is 23.3 Å². The van der Waals surface area contributed by atoms with Gasteiger partial charge in [-0.3, -0.25) is 0 Å². The van der Waals surface area contributed by atoms with Crippen LogP contribution in [0, 0.1) is 0 Å². The van der Waals surface area contributed by atoms with Crippen LogP contribution in [0.5, 0.6) is 0 Å². The molecule has 0 aliphatic rings. The van der Waals surface area contributed by atoms with Crippen molar-refractivity contribution in [2.24, 2.45) is 0 Å². The van der Waals surface area contributed by atoms with Gasteiger partial charge in [0.2, 0.25) is 0 Å². The van der Waals surface area contributed by atoms with Crippen molar-refractivity contribution in [3.05, 3.63) is 60.7 Å². The Morgan fingerprint density at radius 2 is 1.08 bits per heavy atom. The molecule has 0 bridgehead atoms. The lowest BCUT2D eigenvalue weighted by Gasteiger charge is -2.47. The minimum atomic E-state index is -1.69. The fourth-order valence-corrected chi connectivity index (χ4v) is 14.4. The first-order chi connectivity index (χ1) is 11.9. The van der Waals surface area contributed by atoms with E-state index >= 15 is 0 Å². The molecular weight excluding hydrogens is 334 g/mol. The molecule has 1 nitrogen and oxygen atoms in total. The lowest BCUT2D eigenvalue weighted by Crippen LogP contribution is -2.71. The molecule has 2 aromatic carbocycles. The second kappa shape index (κ2) is 8.97. The molecule has 0 unspecified atom stereocenters. The second-order valence-electron chi connectivity index (χ2n) is 8.06. The van der Waals surface area contributed by atoms with Crippen molar-refractivity contribution in [2.45, 2.75) is 58.8 Å². The Morgan fingerprint density at radius 1 is 0.640 bits per heavy atom. The van der Waals surface area contributed by atoms with Crippen molar-refractivity contribution < 1.29 is 0 Å². The second-order valence-corrected chi connectivity index (χ2v) is 17.0. The summed E-state index contributed by atoms with van der Waals surface area (Å²) in [5.74, 6) is 0. The molecule has 2 aromatic rings. The van der Waals surface area contributed by atoms with E-state index in [1.807, 2.05) is 0 Å². The molecule has 3 heteroatoms. The molecule has 0 fully saturated rings. The minimum Gasteiger partial charge on any atom is -0.339 e. The number of nitrogens with zero attached hydrogens (tertiary/aromatic N) is 1. The normalized spacial score (nSPS) is 12.6. The highest BCUT2D eigenvalue weighted by molar-refractivity contribution is 7.02. The van der Waals surface area contributed by atoms with Crippen LogP contribution >= 0.6 is 0 Å². The van der Waals surface area contributed by atoms with Gasteiger partial charge in [-0.2, -0.15) is 0 Å². The Labute approximate surface area is 157 Å². The number of unbranched alkanes of at least 4 members (excludes halogenated alkanes) is 3. The van der Waals surface area contributed by atoms with E-state index in [0.717, 1.165) is 0 Å². The molecule has 25 heavy (non-hydrogen) atoms. The van der Waals surface area contributed by atoms with Gasteiger partial charge in [0.15, 0.2) is 0 Å². The van der Waals surface area contributed by atoms with Crippen LogP contribution in [0.1, 0.15) is 32.6 Å². The van der Waals surface area contributed by atoms with Crippen LogP contribution < -0.4 is 10.4 Å². The Balaban J connectivity index is 2.35. The van der Waals surface area contributed by atoms with Crippen LogP contribution in [0.3, 0.4) is 0 Å². The van der Waals surface area contributed by atoms with E-state index in [1.165, 1.54) is 32.2 Å². The summed E-state index contributed by atoms with van der Waals surface area (Å²) in [7, 11) is -3.38. The monoisotopic (exact) mass is 369 g/mol. The van der Waals surface area contributed by atoms with Crippen molar-refractivity contribution in [3.8, 4) is 0 Å². The van der Waals surface area contributed by atoms with E-state index in [1.54, 1.807) is 10.4 Å². The Morgan fingerprint density at radius 3 is 1.48 bits per heavy atom. The van der Waals surface area contributed by atoms with Crippen LogP contribution in [-0.4, -0.2) is 27.2 Å². The summed E-state index contributed by atoms with van der Waals surface area (Å²) in [6, 6.07) is 22.5. The molecule has 0 atom stereocenters. The molecule has 136 valence electrons. The third-order valence-corrected chi connectivity index (χ3v) is 15.5. The highest BCUT2D eigenvalue weighted by atomic mass is 28.4. The van der Waals surface area contributed by atoms with Crippen molar-refractivity contribution in [1.82, 2.24) is 4.23 Å². The predicted molar refractivity (Wildman–Crippen MR) is 118 cm³/mol. The topological polar surface area (TPSA) is 3.24 Å². The van der Waals surface area contributed by atoms with Crippen LogP contribution in [-0.2, 0) is 0 Å². The van der Waals surface area contributed by atoms with E-state index < -0.39 is 16.5 Å². The van der Waals surface area contributed by atoms with Gasteiger partial charge in [-0.15, -0.1) is 0 Å². The van der Waals surface area contributed by atoms with E-state index in [9.17, 15) is 0 Å². The number of rotatable bonds is 9. The third kappa shape index (κ3) is 4.93. The largest absolute Gasteiger partial charge is 0.339 e. The third-order valence-electron chi connectivity index (χ3n) is 5.55. The van der Waals surface area contributed by atoms with Gasteiger partial charge in [0.25, 0.3) is 0 Å². The fourth-order valence-electron chi connectivity index (χ4n) is 3.96. The number of hydrogen-bond donors (Lipinski definition) is 0. The fraction of sp³-hybridized carbons (Fsp3) is 0.455. The zero-order valence-electron chi connectivity index (χ0n) is 16.8. The smallest absolute Gasteiger partial charge is 0.147 e. The van der Waals surface area contributed by atoms with E-state index in [2.05, 4.69) is 98.0 Å². The molecule has 0 heterocycles. The van der Waals surface area contributed by atoms with E-state index in [4.69, 9.17) is 0 Å². The molecule has 0 radical (unpaired) electrons. The molecular formula is C22H35NSi2. The van der Waals surface area contributed by atoms with Gasteiger partial charge in [0, 0.05) is 0 Å². The number of hydrogen-bond acceptors (Lipinski definition) is 1. The summed E-state index contributed by atoms with van der Waals surface area (Å²) in [5, 5.41) is 3.11. The van der Waals surface area contributed by atoms with Gasteiger partial charge in [-0.1, -0.05) is 113 Å². The molecule has 0 spiro atoms. The molecule has 0 saturated heterocycles. The molecule has 0 aliphatic carbocycles. The van der Waals surface area contributed by atoms with Crippen molar-refractivity contribution in [2.75, 3.05) is 6.54 Å². The van der Waals surface area contributed by atoms with Crippen molar-refractivity contribution in [1.29, 1.82) is 0 Å². The average Bonchev–Trinajstić information content (AvgIpc) is 2.62. The SMILES string of the molecule is CCCCCCN([Si](C)(C)c1ccccc1)[Si](C)(C)c1ccccc1. The van der Waals surface area contributed by atoms with Gasteiger partial charge < -0.3 is 4.23 Å². The average molecular weight is 370 g/mol. The van der Waals surface area contributed by atoms with Crippen LogP contribution in [0.2, 0.25) is 26.2 Å². The minimum absolute atomic E-state index is 1.24. The molecule has 0 aromatic heterocycles. The first kappa shape index (κ1) is 20.1. The van der Waals surface area contributed by atoms with Crippen LogP contribution in [0.15, 0.2) is 60.7 Å². The first-order valence-electron chi connectivity index (χ1n) is 9.79. The summed E-state index contributed by atoms with van der Waals surface area (Å²) in [6.45, 7) is 13.7. The lowest BCUT2D eigenvalue weighted by atomic mass is 10.2. The maximum absolute atomic E-state index is 2.97. The molecule has 0 aliphatic heterocycles. The summed E-state index contributed by atoms with van der Waals surface area (Å²) in [4.78, 5) is 0. The zero-order valence-corrected chi connectivity index (χ0v) is 18.8. The van der Waals surface area contributed by atoms with Gasteiger partial charge in [0.05, 0.1) is 0 Å². The summed E-state index contributed by atoms with van der Waals surface area (Å²) in [6.07, 6.45) is 5.33. The zero-order chi connectivity index (χ0) is 18.3. The van der Waals surface area contributed by atoms with E-state index in [0.29, 0.717) is 0 Å². The van der Waals surface area contributed by atoms with Crippen LogP contribution in [0.25, 0.3) is 0 Å². The lowest BCUT2D eigenvalue weighted by molar-refractivity contribution is 0.552. The molecule has 0 amide bonds. The molecule has 2 rings (SSSR count). The summed E-state index contributed by atoms with van der Waals surface area (Å²) in [5.41, 5.74) is 0. The molecule has 0 N–H and O–H groups in total. The maximum Gasteiger partial charge on any atom is 0.147 e. The Bertz CT molecular complexity index is 571. The number of benzene rings is 2. The van der Waals surface area contributed by atoms with Gasteiger partial charge in [0.1, 0.15) is 16.5 Å². The standard InChI is InChI=1S/C22H35NSi2/c1-6-7-8-15-20-23(24(2,3)21-16-11-9-12-17-21)25(4,5)22-18-13-10-14-19-22/h9-14,16-19H,6-8,15,20H2,1-5H3. The van der Waals surface area contributed by atoms with Gasteiger partial charge >= 0.3 is 0 Å². The maximum atomic E-state index is 2.97. The Kier molecular flexibility index (Phi) is 7.23. The van der Waals surface area contributed by atoms with Crippen molar-refractivity contribution >= 4 is 26.8 Å². The highest BCUT2D eigenvalue weighted by Crippen LogP contribution is 2.21. The summed E-state index contributed by atoms with van der Waals surface area (Å²) >= 11 is 0. The predicted octanol–water partition coefficient (Wildman–Crippen LogP) is 5.09. The quantitative estimate of drug-likeness (QED) is 0.439. The van der Waals surface area contributed by atoms with Crippen molar-refractivity contribution in [3.63, 3.8) is 0 Å². The van der Waals surface area contributed by atoms with E-state index in [-0.39, 0.29) is 0 Å². The molecule has 0 saturated carbocycles. The first-order valence-corrected chi connectivity index (χ1v) is 15.7. The summed E-state index contributed by atoms with van der Waals surface area (Å²) < 4.78 is 2.97. The van der Waals surface area contributed by atoms with Crippen LogP contribution in [0.4, 0.5) is 0 Å². The van der Waals surface area contributed by atoms with Gasteiger partial charge in [-0.25, -0.2) is 0 Å². The highest BCUT2D eigenvalue weighted by Gasteiger charge is 2.42. The Hall–Kier alpha value is -1.17.